The number of ether oxygens (including phenoxy) is 3. The molecule has 22 heavy (non-hydrogen) atoms. The van der Waals surface area contributed by atoms with Crippen LogP contribution in [0.1, 0.15) is 31.2 Å². The summed E-state index contributed by atoms with van der Waals surface area (Å²) in [5.41, 5.74) is 1.20. The quantitative estimate of drug-likeness (QED) is 0.836. The van der Waals surface area contributed by atoms with E-state index >= 15 is 0 Å². The summed E-state index contributed by atoms with van der Waals surface area (Å²) in [7, 11) is 3.23. The molecule has 0 fully saturated rings. The van der Waals surface area contributed by atoms with Crippen LogP contribution in [-0.4, -0.2) is 47.6 Å². The maximum Gasteiger partial charge on any atom is 0.216 e. The number of tetrazole rings is 1. The molecular weight excluding hydrogens is 284 g/mol. The van der Waals surface area contributed by atoms with Gasteiger partial charge >= 0.3 is 0 Å². The van der Waals surface area contributed by atoms with Gasteiger partial charge in [-0.25, -0.2) is 0 Å². The van der Waals surface area contributed by atoms with Crippen molar-refractivity contribution in [3.63, 3.8) is 0 Å². The van der Waals surface area contributed by atoms with Crippen LogP contribution in [0.3, 0.4) is 0 Å². The Kier molecular flexibility index (Phi) is 3.84. The Morgan fingerprint density at radius 3 is 2.59 bits per heavy atom. The molecule has 0 spiro atoms. The van der Waals surface area contributed by atoms with E-state index in [-0.39, 0.29) is 0 Å². The number of hydrogen-bond acceptors (Lipinski definition) is 6. The molecule has 118 valence electrons. The van der Waals surface area contributed by atoms with Gasteiger partial charge in [0.15, 0.2) is 0 Å². The molecule has 1 aliphatic rings. The molecule has 0 radical (unpaired) electrons. The summed E-state index contributed by atoms with van der Waals surface area (Å²) >= 11 is 0. The summed E-state index contributed by atoms with van der Waals surface area (Å²) in [5.74, 6) is 1.72. The van der Waals surface area contributed by atoms with Crippen LogP contribution in [0.4, 0.5) is 0 Å². The molecule has 0 atom stereocenters. The molecule has 0 aliphatic carbocycles. The molecular formula is C15H20N4O3. The van der Waals surface area contributed by atoms with Gasteiger partial charge in [-0.05, 0) is 34.0 Å². The average Bonchev–Trinajstić information content (AvgIpc) is 2.98. The summed E-state index contributed by atoms with van der Waals surface area (Å²) in [6.07, 6.45) is 0. The number of aromatic nitrogens is 4. The van der Waals surface area contributed by atoms with Gasteiger partial charge < -0.3 is 14.2 Å². The third-order valence-corrected chi connectivity index (χ3v) is 3.82. The monoisotopic (exact) mass is 304 g/mol. The normalized spacial score (nSPS) is 15.3. The van der Waals surface area contributed by atoms with E-state index in [0.717, 1.165) is 11.4 Å². The molecule has 7 nitrogen and oxygen atoms in total. The van der Waals surface area contributed by atoms with E-state index in [2.05, 4.69) is 41.5 Å². The maximum absolute atomic E-state index is 6.21. The van der Waals surface area contributed by atoms with Gasteiger partial charge in [0.1, 0.15) is 11.4 Å². The van der Waals surface area contributed by atoms with Gasteiger partial charge in [-0.15, -0.1) is 5.10 Å². The average molecular weight is 304 g/mol. The van der Waals surface area contributed by atoms with E-state index in [9.17, 15) is 0 Å². The third-order valence-electron chi connectivity index (χ3n) is 3.82. The Labute approximate surface area is 129 Å². The minimum atomic E-state index is -0.848. The Bertz CT molecular complexity index is 663. The van der Waals surface area contributed by atoms with Crippen molar-refractivity contribution in [2.45, 2.75) is 25.4 Å². The molecule has 0 saturated heterocycles. The van der Waals surface area contributed by atoms with E-state index in [1.165, 1.54) is 5.56 Å². The topological polar surface area (TPSA) is 71.3 Å². The number of methoxy groups -OCH3 is 2. The van der Waals surface area contributed by atoms with Crippen molar-refractivity contribution in [1.82, 2.24) is 20.2 Å². The summed E-state index contributed by atoms with van der Waals surface area (Å²) < 4.78 is 18.6. The lowest BCUT2D eigenvalue weighted by molar-refractivity contribution is -0.0748. The first kappa shape index (κ1) is 14.9. The van der Waals surface area contributed by atoms with Gasteiger partial charge in [-0.1, -0.05) is 19.9 Å². The second kappa shape index (κ2) is 5.66. The molecule has 2 heterocycles. The molecule has 1 aromatic carbocycles. The van der Waals surface area contributed by atoms with Crippen LogP contribution in [-0.2, 0) is 15.1 Å². The first-order valence-electron chi connectivity index (χ1n) is 7.21. The fourth-order valence-corrected chi connectivity index (χ4v) is 2.73. The Hall–Kier alpha value is -1.99. The van der Waals surface area contributed by atoms with Crippen LogP contribution in [0, 0.1) is 0 Å². The van der Waals surface area contributed by atoms with Gasteiger partial charge in [0.05, 0.1) is 13.2 Å². The number of benzene rings is 1. The molecule has 2 aromatic rings. The third kappa shape index (κ3) is 2.26. The van der Waals surface area contributed by atoms with Crippen LogP contribution >= 0.6 is 0 Å². The fourth-order valence-electron chi connectivity index (χ4n) is 2.73. The van der Waals surface area contributed by atoms with Crippen molar-refractivity contribution in [2.24, 2.45) is 0 Å². The van der Waals surface area contributed by atoms with Crippen molar-refractivity contribution in [3.8, 4) is 11.4 Å². The predicted octanol–water partition coefficient (Wildman–Crippen LogP) is 1.67. The van der Waals surface area contributed by atoms with E-state index < -0.39 is 5.60 Å². The number of fused-ring (bicyclic) bond motifs is 3. The number of rotatable bonds is 5. The first-order valence-corrected chi connectivity index (χ1v) is 7.21. The minimum Gasteiger partial charge on any atom is -0.472 e. The SMILES string of the molecule is COCC1(COC)Oc2ccc(C(C)C)cc2-n2nnnc21. The molecule has 0 unspecified atom stereocenters. The van der Waals surface area contributed by atoms with Crippen LogP contribution in [0.15, 0.2) is 18.2 Å². The zero-order valence-electron chi connectivity index (χ0n) is 13.2. The van der Waals surface area contributed by atoms with Gasteiger partial charge in [-0.2, -0.15) is 4.68 Å². The molecule has 0 N–H and O–H groups in total. The zero-order valence-corrected chi connectivity index (χ0v) is 13.2. The Morgan fingerprint density at radius 1 is 1.23 bits per heavy atom. The summed E-state index contributed by atoms with van der Waals surface area (Å²) in [5, 5.41) is 12.1. The lowest BCUT2D eigenvalue weighted by Gasteiger charge is -2.36. The smallest absolute Gasteiger partial charge is 0.216 e. The van der Waals surface area contributed by atoms with Crippen molar-refractivity contribution >= 4 is 0 Å². The van der Waals surface area contributed by atoms with E-state index in [0.29, 0.717) is 25.0 Å². The van der Waals surface area contributed by atoms with Crippen molar-refractivity contribution in [3.05, 3.63) is 29.6 Å². The van der Waals surface area contributed by atoms with Crippen LogP contribution in [0.25, 0.3) is 5.69 Å². The van der Waals surface area contributed by atoms with Crippen LogP contribution in [0.5, 0.6) is 5.75 Å². The molecule has 1 aliphatic heterocycles. The highest BCUT2D eigenvalue weighted by atomic mass is 16.6. The lowest BCUT2D eigenvalue weighted by atomic mass is 9.99. The molecule has 7 heteroatoms. The highest BCUT2D eigenvalue weighted by Gasteiger charge is 2.45. The first-order chi connectivity index (χ1) is 10.6. The van der Waals surface area contributed by atoms with E-state index in [4.69, 9.17) is 14.2 Å². The van der Waals surface area contributed by atoms with E-state index in [1.807, 2.05) is 6.07 Å². The fraction of sp³-hybridized carbons (Fsp3) is 0.533. The predicted molar refractivity (Wildman–Crippen MR) is 79.3 cm³/mol. The molecule has 0 bridgehead atoms. The minimum absolute atomic E-state index is 0.298. The molecule has 0 saturated carbocycles. The van der Waals surface area contributed by atoms with Gasteiger partial charge in [0.25, 0.3) is 0 Å². The largest absolute Gasteiger partial charge is 0.472 e. The summed E-state index contributed by atoms with van der Waals surface area (Å²) in [6.45, 7) is 4.89. The highest BCUT2D eigenvalue weighted by molar-refractivity contribution is 5.52. The second-order valence-electron chi connectivity index (χ2n) is 5.76. The zero-order chi connectivity index (χ0) is 15.7. The van der Waals surface area contributed by atoms with E-state index in [1.54, 1.807) is 18.9 Å². The van der Waals surface area contributed by atoms with Gasteiger partial charge in [0.2, 0.25) is 11.4 Å². The van der Waals surface area contributed by atoms with Crippen LogP contribution in [0.2, 0.25) is 0 Å². The van der Waals surface area contributed by atoms with Gasteiger partial charge in [-0.3, -0.25) is 0 Å². The van der Waals surface area contributed by atoms with Gasteiger partial charge in [0, 0.05) is 14.2 Å². The standard InChI is InChI=1S/C15H20N4O3/c1-10(2)11-5-6-13-12(7-11)19-14(16-17-18-19)15(22-13,8-20-3)9-21-4/h5-7,10H,8-9H2,1-4H3. The molecule has 1 aromatic heterocycles. The van der Waals surface area contributed by atoms with Crippen LogP contribution < -0.4 is 4.74 Å². The second-order valence-corrected chi connectivity index (χ2v) is 5.76. The highest BCUT2D eigenvalue weighted by Crippen LogP contribution is 2.39. The summed E-state index contributed by atoms with van der Waals surface area (Å²) in [4.78, 5) is 0. The van der Waals surface area contributed by atoms with Crippen molar-refractivity contribution in [2.75, 3.05) is 27.4 Å². The number of nitrogens with zero attached hydrogens (tertiary/aromatic N) is 4. The summed E-state index contributed by atoms with van der Waals surface area (Å²) in [6, 6.07) is 6.07. The Morgan fingerprint density at radius 2 is 1.95 bits per heavy atom. The maximum atomic E-state index is 6.21. The molecule has 0 amide bonds. The van der Waals surface area contributed by atoms with Crippen molar-refractivity contribution in [1.29, 1.82) is 0 Å². The molecule has 3 rings (SSSR count). The van der Waals surface area contributed by atoms with Crippen molar-refractivity contribution < 1.29 is 14.2 Å². The number of hydrogen-bond donors (Lipinski definition) is 0. The Balaban J connectivity index is 2.14. The lowest BCUT2D eigenvalue weighted by Crippen LogP contribution is -2.47.